The van der Waals surface area contributed by atoms with Crippen molar-refractivity contribution in [1.29, 1.82) is 0 Å². The van der Waals surface area contributed by atoms with Crippen molar-refractivity contribution in [2.24, 2.45) is 17.6 Å². The molecular formula is C50H79N3O18. The zero-order valence-corrected chi connectivity index (χ0v) is 40.9. The van der Waals surface area contributed by atoms with Crippen molar-refractivity contribution >= 4 is 18.0 Å². The Hall–Kier alpha value is -4.17. The van der Waals surface area contributed by atoms with E-state index in [2.05, 4.69) is 10.6 Å². The normalized spacial score (nSPS) is 42.5. The van der Waals surface area contributed by atoms with E-state index < -0.39 is 160 Å². The maximum absolute atomic E-state index is 13.0. The van der Waals surface area contributed by atoms with E-state index in [1.165, 1.54) is 6.92 Å². The summed E-state index contributed by atoms with van der Waals surface area (Å²) in [5, 5.41) is 123. The number of allylic oxidation sites excluding steroid dienone is 12. The Kier molecular flexibility index (Phi) is 26.5. The molecule has 0 aromatic carbocycles. The van der Waals surface area contributed by atoms with Gasteiger partial charge in [0.25, 0.3) is 0 Å². The number of carboxylic acids is 1. The highest BCUT2D eigenvalue weighted by Crippen LogP contribution is 2.35. The van der Waals surface area contributed by atoms with Gasteiger partial charge in [-0.2, -0.15) is 0 Å². The number of carbonyl (C=O) groups is 3. The number of ether oxygens (including phenoxy) is 4. The van der Waals surface area contributed by atoms with E-state index in [9.17, 15) is 65.4 Å². The van der Waals surface area contributed by atoms with Crippen molar-refractivity contribution in [3.8, 4) is 0 Å². The summed E-state index contributed by atoms with van der Waals surface area (Å²) in [6.45, 7) is 6.47. The molecule has 0 aromatic rings. The van der Waals surface area contributed by atoms with E-state index in [0.717, 1.165) is 0 Å². The van der Waals surface area contributed by atoms with E-state index in [1.54, 1.807) is 92.8 Å². The summed E-state index contributed by atoms with van der Waals surface area (Å²) in [6, 6.07) is -3.33. The Morgan fingerprint density at radius 2 is 1.30 bits per heavy atom. The van der Waals surface area contributed by atoms with Crippen LogP contribution in [0.2, 0.25) is 0 Å². The quantitative estimate of drug-likeness (QED) is 0.158. The number of esters is 1. The first-order valence-corrected chi connectivity index (χ1v) is 24.2. The van der Waals surface area contributed by atoms with Crippen LogP contribution in [0.4, 0.5) is 4.79 Å². The lowest BCUT2D eigenvalue weighted by Crippen LogP contribution is -2.64. The molecule has 402 valence electrons. The average molecular weight is 1010 g/mol. The summed E-state index contributed by atoms with van der Waals surface area (Å²) in [5.74, 6) is -4.99. The second kappa shape index (κ2) is 30.8. The van der Waals surface area contributed by atoms with Gasteiger partial charge >= 0.3 is 18.0 Å². The van der Waals surface area contributed by atoms with Crippen LogP contribution in [0.5, 0.6) is 0 Å². The van der Waals surface area contributed by atoms with Gasteiger partial charge in [-0.3, -0.25) is 9.59 Å². The first-order chi connectivity index (χ1) is 33.5. The lowest BCUT2D eigenvalue weighted by Gasteiger charge is -2.46. The van der Waals surface area contributed by atoms with Crippen molar-refractivity contribution < 1.29 is 89.5 Å². The fraction of sp³-hybridized carbons (Fsp3) is 0.660. The molecule has 19 atom stereocenters. The van der Waals surface area contributed by atoms with E-state index in [1.807, 2.05) is 13.0 Å². The molecule has 0 unspecified atom stereocenters. The Morgan fingerprint density at radius 3 is 1.90 bits per heavy atom. The topological polar surface area (TPSA) is 361 Å². The molecule has 2 fully saturated rings. The number of aliphatic hydroxyl groups is 10. The zero-order valence-electron chi connectivity index (χ0n) is 40.9. The lowest BCUT2D eigenvalue weighted by molar-refractivity contribution is -0.303. The molecule has 3 aliphatic heterocycles. The van der Waals surface area contributed by atoms with Gasteiger partial charge in [0.1, 0.15) is 12.2 Å². The summed E-state index contributed by atoms with van der Waals surface area (Å²) < 4.78 is 23.6. The molecule has 3 heterocycles. The number of hydrogen-bond acceptors (Lipinski definition) is 18. The number of carboxylic acid groups (broad SMARTS) is 1. The number of urea groups is 1. The summed E-state index contributed by atoms with van der Waals surface area (Å²) in [5.41, 5.74) is 6.08. The first kappa shape index (κ1) is 61.1. The lowest BCUT2D eigenvalue weighted by atomic mass is 9.87. The van der Waals surface area contributed by atoms with Gasteiger partial charge in [-0.1, -0.05) is 98.9 Å². The molecule has 2 amide bonds. The van der Waals surface area contributed by atoms with E-state index in [0.29, 0.717) is 0 Å². The fourth-order valence-electron chi connectivity index (χ4n) is 8.32. The molecule has 3 aliphatic rings. The SMILES string of the molecule is C[C@@H]1[C@H](O)[C@@H](C)/C=C/C=C/C=C/C=C/C=C/C=C/C=C/[C@H](O[C@@H]2O[C@H](C)[C@@H](O)[C@H](N)[C@@H]2O)C[C@@H]2O[C@](O)(C[C@@H](O)C[C@@H](O)[C@H](O)CC[C@@H](O)C[C@@H](O)CC(=O)O[C@H]1C)C[C@H](O)[C@H]2NC(=O)NCCC(=O)O. The van der Waals surface area contributed by atoms with E-state index >= 15 is 0 Å². The van der Waals surface area contributed by atoms with Crippen LogP contribution in [-0.4, -0.2) is 184 Å². The molecule has 2 bridgehead atoms. The van der Waals surface area contributed by atoms with Gasteiger partial charge in [0.05, 0.1) is 92.1 Å². The molecule has 21 nitrogen and oxygen atoms in total. The van der Waals surface area contributed by atoms with Gasteiger partial charge in [-0.25, -0.2) is 4.79 Å². The van der Waals surface area contributed by atoms with Crippen molar-refractivity contribution in [2.45, 2.75) is 189 Å². The Labute approximate surface area is 415 Å². The van der Waals surface area contributed by atoms with Crippen molar-refractivity contribution in [2.75, 3.05) is 6.54 Å². The minimum Gasteiger partial charge on any atom is -0.481 e. The van der Waals surface area contributed by atoms with Crippen LogP contribution in [0.3, 0.4) is 0 Å². The number of hydrogen-bond donors (Lipinski definition) is 14. The summed E-state index contributed by atoms with van der Waals surface area (Å²) in [7, 11) is 0. The predicted molar refractivity (Wildman–Crippen MR) is 258 cm³/mol. The molecule has 2 saturated heterocycles. The number of cyclic esters (lactones) is 1. The van der Waals surface area contributed by atoms with Gasteiger partial charge in [0, 0.05) is 44.1 Å². The first-order valence-electron chi connectivity index (χ1n) is 24.2. The maximum Gasteiger partial charge on any atom is 0.315 e. The van der Waals surface area contributed by atoms with Gasteiger partial charge in [0.2, 0.25) is 0 Å². The molecule has 0 aliphatic carbocycles. The van der Waals surface area contributed by atoms with Crippen LogP contribution in [-0.2, 0) is 28.5 Å². The summed E-state index contributed by atoms with van der Waals surface area (Å²) in [6.07, 6.45) is 3.27. The van der Waals surface area contributed by atoms with Crippen LogP contribution >= 0.6 is 0 Å². The summed E-state index contributed by atoms with van der Waals surface area (Å²) in [4.78, 5) is 36.7. The standard InChI is InChI=1S/C50H79N3O18/c1-29-17-15-13-11-9-7-5-6-8-10-12-14-16-18-36(70-48-47(65)43(51)46(64)32(4)69-48)26-40-44(53-49(66)52-22-21-41(60)61)39(59)28-50(67,71-40)27-35(56)24-38(58)37(57)20-19-33(54)23-34(55)25-42(62)68-31(3)30(2)45(29)63/h5-18,29-40,43-48,54-59,63-65,67H,19-28,51H2,1-4H3,(H,60,61)(H2,52,53,66)/b6-5+,9-7+,10-8+,13-11+,14-12+,17-15+,18-16+/t29-,30-,31-,32+,33+,34+,35-,36-,37+,38+,39-,40-,43-,44+,45+,46+,47-,48-,50+/m0/s1. The highest BCUT2D eigenvalue weighted by Gasteiger charge is 2.49. The van der Waals surface area contributed by atoms with E-state index in [-0.39, 0.29) is 38.1 Å². The number of rotatable bonds is 6. The van der Waals surface area contributed by atoms with Gasteiger partial charge < -0.3 is 91.5 Å². The fourth-order valence-corrected chi connectivity index (χ4v) is 8.32. The predicted octanol–water partition coefficient (Wildman–Crippen LogP) is 0.153. The number of nitrogens with two attached hydrogens (primary N) is 1. The molecule has 0 radical (unpaired) electrons. The summed E-state index contributed by atoms with van der Waals surface area (Å²) >= 11 is 0. The van der Waals surface area contributed by atoms with Crippen LogP contribution in [0.25, 0.3) is 0 Å². The highest BCUT2D eigenvalue weighted by atomic mass is 16.7. The average Bonchev–Trinajstić information content (AvgIpc) is 3.28. The second-order valence-corrected chi connectivity index (χ2v) is 18.8. The maximum atomic E-state index is 13.0. The minimum atomic E-state index is -2.32. The molecule has 15 N–H and O–H groups in total. The smallest absolute Gasteiger partial charge is 0.315 e. The zero-order chi connectivity index (χ0) is 52.8. The molecule has 0 aromatic heterocycles. The van der Waals surface area contributed by atoms with Gasteiger partial charge in [0.15, 0.2) is 12.1 Å². The third-order valence-electron chi connectivity index (χ3n) is 12.7. The largest absolute Gasteiger partial charge is 0.481 e. The van der Waals surface area contributed by atoms with Crippen molar-refractivity contribution in [3.63, 3.8) is 0 Å². The molecule has 3 rings (SSSR count). The Bertz CT molecular complexity index is 1840. The number of nitrogens with one attached hydrogen (secondary N) is 2. The Balaban J connectivity index is 1.93. The van der Waals surface area contributed by atoms with Crippen molar-refractivity contribution in [3.05, 3.63) is 85.1 Å². The molecule has 0 spiro atoms. The van der Waals surface area contributed by atoms with Crippen LogP contribution in [0, 0.1) is 11.8 Å². The van der Waals surface area contributed by atoms with Crippen LogP contribution in [0.15, 0.2) is 85.1 Å². The number of carbonyl (C=O) groups excluding carboxylic acids is 2. The van der Waals surface area contributed by atoms with Crippen LogP contribution in [0.1, 0.15) is 85.5 Å². The molecule has 71 heavy (non-hydrogen) atoms. The molecule has 21 heteroatoms. The molecule has 0 saturated carbocycles. The van der Waals surface area contributed by atoms with Crippen LogP contribution < -0.4 is 16.4 Å². The van der Waals surface area contributed by atoms with Crippen molar-refractivity contribution in [1.82, 2.24) is 10.6 Å². The number of fused-ring (bicyclic) bond motifs is 2. The van der Waals surface area contributed by atoms with Gasteiger partial charge in [-0.05, 0) is 33.1 Å². The number of amides is 2. The third kappa shape index (κ3) is 21.8. The highest BCUT2D eigenvalue weighted by molar-refractivity contribution is 5.75. The minimum absolute atomic E-state index is 0.119. The second-order valence-electron chi connectivity index (χ2n) is 18.8. The number of aliphatic hydroxyl groups excluding tert-OH is 9. The van der Waals surface area contributed by atoms with E-state index in [4.69, 9.17) is 29.8 Å². The number of aliphatic carboxylic acids is 1. The molecular weight excluding hydrogens is 931 g/mol. The van der Waals surface area contributed by atoms with Gasteiger partial charge in [-0.15, -0.1) is 0 Å². The third-order valence-corrected chi connectivity index (χ3v) is 12.7. The Morgan fingerprint density at radius 1 is 0.704 bits per heavy atom. The monoisotopic (exact) mass is 1010 g/mol.